The second-order valence-electron chi connectivity index (χ2n) is 6.50. The minimum Gasteiger partial charge on any atom is -0.309 e. The van der Waals surface area contributed by atoms with E-state index in [1.165, 1.54) is 4.31 Å². The predicted octanol–water partition coefficient (Wildman–Crippen LogP) is 0.984. The van der Waals surface area contributed by atoms with Gasteiger partial charge in [-0.1, -0.05) is 0 Å². The number of aryl methyl sites for hydroxylation is 3. The van der Waals surface area contributed by atoms with Gasteiger partial charge in [-0.15, -0.1) is 0 Å². The van der Waals surface area contributed by atoms with E-state index >= 15 is 0 Å². The van der Waals surface area contributed by atoms with Crippen LogP contribution in [0.3, 0.4) is 0 Å². The van der Waals surface area contributed by atoms with Crippen molar-refractivity contribution in [1.82, 2.24) is 23.9 Å². The number of anilines is 1. The maximum atomic E-state index is 13.0. The fourth-order valence-electron chi connectivity index (χ4n) is 3.14. The summed E-state index contributed by atoms with van der Waals surface area (Å²) in [5, 5.41) is 11.1. The molecule has 10 heteroatoms. The van der Waals surface area contributed by atoms with Gasteiger partial charge in [0, 0.05) is 45.1 Å². The number of aromatic nitrogens is 4. The van der Waals surface area contributed by atoms with Crippen molar-refractivity contribution in [2.24, 2.45) is 13.0 Å². The molecule has 1 aliphatic heterocycles. The summed E-state index contributed by atoms with van der Waals surface area (Å²) in [7, 11) is -1.90. The van der Waals surface area contributed by atoms with Crippen molar-refractivity contribution < 1.29 is 13.2 Å². The van der Waals surface area contributed by atoms with E-state index < -0.39 is 15.9 Å². The minimum absolute atomic E-state index is 0.164. The fourth-order valence-corrected chi connectivity index (χ4v) is 4.83. The molecular formula is C16H24N6O3S. The zero-order valence-corrected chi connectivity index (χ0v) is 16.0. The van der Waals surface area contributed by atoms with E-state index in [0.29, 0.717) is 37.4 Å². The molecule has 2 aromatic heterocycles. The Morgan fingerprint density at radius 3 is 2.77 bits per heavy atom. The third kappa shape index (κ3) is 3.65. The SMILES string of the molecule is CCn1cc(S(=O)(=O)N2CCC[C@H](C(=O)Nc3ccn(C)n3)C2)c(C)n1. The molecule has 0 unspecified atom stereocenters. The van der Waals surface area contributed by atoms with Crippen molar-refractivity contribution in [3.05, 3.63) is 24.2 Å². The lowest BCUT2D eigenvalue weighted by Crippen LogP contribution is -2.43. The molecule has 3 rings (SSSR count). The molecule has 26 heavy (non-hydrogen) atoms. The topological polar surface area (TPSA) is 102 Å². The van der Waals surface area contributed by atoms with Crippen LogP contribution in [0.25, 0.3) is 0 Å². The average molecular weight is 380 g/mol. The van der Waals surface area contributed by atoms with Gasteiger partial charge in [0.2, 0.25) is 15.9 Å². The summed E-state index contributed by atoms with van der Waals surface area (Å²) in [6.07, 6.45) is 4.59. The Bertz CT molecular complexity index is 901. The van der Waals surface area contributed by atoms with E-state index in [1.807, 2.05) is 6.92 Å². The number of hydrogen-bond donors (Lipinski definition) is 1. The minimum atomic E-state index is -3.67. The summed E-state index contributed by atoms with van der Waals surface area (Å²) >= 11 is 0. The van der Waals surface area contributed by atoms with Gasteiger partial charge in [0.1, 0.15) is 4.90 Å². The molecule has 3 heterocycles. The molecule has 9 nitrogen and oxygen atoms in total. The summed E-state index contributed by atoms with van der Waals surface area (Å²) in [6.45, 7) is 4.77. The molecule has 0 radical (unpaired) electrons. The number of hydrogen-bond acceptors (Lipinski definition) is 5. The van der Waals surface area contributed by atoms with Gasteiger partial charge in [-0.05, 0) is 26.7 Å². The van der Waals surface area contributed by atoms with E-state index in [-0.39, 0.29) is 17.3 Å². The molecule has 1 saturated heterocycles. The van der Waals surface area contributed by atoms with Gasteiger partial charge >= 0.3 is 0 Å². The van der Waals surface area contributed by atoms with E-state index in [9.17, 15) is 13.2 Å². The number of sulfonamides is 1. The van der Waals surface area contributed by atoms with Crippen molar-refractivity contribution in [2.75, 3.05) is 18.4 Å². The van der Waals surface area contributed by atoms with Crippen molar-refractivity contribution in [3.63, 3.8) is 0 Å². The number of nitrogens with zero attached hydrogens (tertiary/aromatic N) is 5. The monoisotopic (exact) mass is 380 g/mol. The smallest absolute Gasteiger partial charge is 0.246 e. The molecule has 0 spiro atoms. The van der Waals surface area contributed by atoms with Gasteiger partial charge in [0.25, 0.3) is 0 Å². The molecule has 1 N–H and O–H groups in total. The molecule has 142 valence electrons. The third-order valence-electron chi connectivity index (χ3n) is 4.56. The first-order chi connectivity index (χ1) is 12.3. The van der Waals surface area contributed by atoms with Crippen molar-refractivity contribution in [3.8, 4) is 0 Å². The highest BCUT2D eigenvalue weighted by Gasteiger charge is 2.35. The summed E-state index contributed by atoms with van der Waals surface area (Å²) in [5.41, 5.74) is 0.479. The van der Waals surface area contributed by atoms with E-state index in [2.05, 4.69) is 15.5 Å². The molecule has 1 aliphatic rings. The van der Waals surface area contributed by atoms with Crippen molar-refractivity contribution in [1.29, 1.82) is 0 Å². The summed E-state index contributed by atoms with van der Waals surface area (Å²) in [6, 6.07) is 1.71. The Kier molecular flexibility index (Phi) is 5.15. The van der Waals surface area contributed by atoms with Crippen LogP contribution in [-0.4, -0.2) is 51.3 Å². The van der Waals surface area contributed by atoms with Crippen molar-refractivity contribution in [2.45, 2.75) is 38.1 Å². The van der Waals surface area contributed by atoms with Gasteiger partial charge in [-0.2, -0.15) is 14.5 Å². The number of rotatable bonds is 5. The number of carbonyl (C=O) groups is 1. The van der Waals surface area contributed by atoms with Crippen LogP contribution in [0.5, 0.6) is 0 Å². The lowest BCUT2D eigenvalue weighted by molar-refractivity contribution is -0.120. The maximum Gasteiger partial charge on any atom is 0.246 e. The van der Waals surface area contributed by atoms with Crippen molar-refractivity contribution >= 4 is 21.7 Å². The zero-order valence-electron chi connectivity index (χ0n) is 15.2. The Labute approximate surface area is 153 Å². The Morgan fingerprint density at radius 2 is 2.15 bits per heavy atom. The van der Waals surface area contributed by atoms with Crippen LogP contribution in [0.15, 0.2) is 23.4 Å². The van der Waals surface area contributed by atoms with Gasteiger partial charge in [0.15, 0.2) is 5.82 Å². The van der Waals surface area contributed by atoms with Crippen LogP contribution in [-0.2, 0) is 28.4 Å². The second-order valence-corrected chi connectivity index (χ2v) is 8.41. The number of carbonyl (C=O) groups excluding carboxylic acids is 1. The van der Waals surface area contributed by atoms with Crippen LogP contribution in [0.4, 0.5) is 5.82 Å². The normalized spacial score (nSPS) is 18.8. The maximum absolute atomic E-state index is 13.0. The first kappa shape index (κ1) is 18.6. The van der Waals surface area contributed by atoms with Gasteiger partial charge < -0.3 is 5.32 Å². The lowest BCUT2D eigenvalue weighted by Gasteiger charge is -2.30. The molecule has 0 aliphatic carbocycles. The second kappa shape index (κ2) is 7.20. The highest BCUT2D eigenvalue weighted by Crippen LogP contribution is 2.26. The molecule has 0 aromatic carbocycles. The average Bonchev–Trinajstić information content (AvgIpc) is 3.20. The molecule has 1 amide bonds. The first-order valence-corrected chi connectivity index (χ1v) is 10.1. The number of amides is 1. The van der Waals surface area contributed by atoms with Gasteiger partial charge in [0.05, 0.1) is 11.6 Å². The van der Waals surface area contributed by atoms with E-state index in [1.54, 1.807) is 41.8 Å². The van der Waals surface area contributed by atoms with Crippen LogP contribution in [0.2, 0.25) is 0 Å². The number of piperidine rings is 1. The standard InChI is InChI=1S/C16H24N6O3S/c1-4-21-11-14(12(2)18-21)26(24,25)22-8-5-6-13(10-22)16(23)17-15-7-9-20(3)19-15/h7,9,11,13H,4-6,8,10H2,1-3H3,(H,17,19,23)/t13-/m0/s1. The first-order valence-electron chi connectivity index (χ1n) is 8.66. The Morgan fingerprint density at radius 1 is 1.38 bits per heavy atom. The highest BCUT2D eigenvalue weighted by molar-refractivity contribution is 7.89. The molecular weight excluding hydrogens is 356 g/mol. The highest BCUT2D eigenvalue weighted by atomic mass is 32.2. The van der Waals surface area contributed by atoms with Crippen LogP contribution >= 0.6 is 0 Å². The zero-order chi connectivity index (χ0) is 18.9. The Hall–Kier alpha value is -2.20. The summed E-state index contributed by atoms with van der Waals surface area (Å²) < 4.78 is 30.6. The van der Waals surface area contributed by atoms with E-state index in [4.69, 9.17) is 0 Å². The van der Waals surface area contributed by atoms with Gasteiger partial charge in [-0.25, -0.2) is 8.42 Å². The summed E-state index contributed by atoms with van der Waals surface area (Å²) in [4.78, 5) is 12.7. The molecule has 1 atom stereocenters. The molecule has 2 aromatic rings. The molecule has 1 fully saturated rings. The lowest BCUT2D eigenvalue weighted by atomic mass is 9.99. The largest absolute Gasteiger partial charge is 0.309 e. The van der Waals surface area contributed by atoms with Crippen LogP contribution in [0.1, 0.15) is 25.5 Å². The molecule has 0 bridgehead atoms. The number of nitrogens with one attached hydrogen (secondary N) is 1. The molecule has 0 saturated carbocycles. The Balaban J connectivity index is 1.74. The fraction of sp³-hybridized carbons (Fsp3) is 0.562. The van der Waals surface area contributed by atoms with Crippen LogP contribution < -0.4 is 5.32 Å². The predicted molar refractivity (Wildman–Crippen MR) is 96.0 cm³/mol. The quantitative estimate of drug-likeness (QED) is 0.833. The third-order valence-corrected chi connectivity index (χ3v) is 6.53. The summed E-state index contributed by atoms with van der Waals surface area (Å²) in [5.74, 6) is -0.135. The van der Waals surface area contributed by atoms with Gasteiger partial charge in [-0.3, -0.25) is 14.2 Å². The van der Waals surface area contributed by atoms with Crippen LogP contribution in [0, 0.1) is 12.8 Å². The van der Waals surface area contributed by atoms with E-state index in [0.717, 1.165) is 0 Å².